The van der Waals surface area contributed by atoms with Gasteiger partial charge in [0, 0.05) is 20.6 Å². The van der Waals surface area contributed by atoms with Gasteiger partial charge in [-0.3, -0.25) is 9.48 Å². The minimum Gasteiger partial charge on any atom is -0.396 e. The maximum Gasteiger partial charge on any atom is 0.274 e. The fraction of sp³-hybridized carbons (Fsp3) is 0.500. The number of carbonyl (C=O) groups is 1. The molecule has 0 aliphatic carbocycles. The van der Waals surface area contributed by atoms with E-state index < -0.39 is 6.67 Å². The summed E-state index contributed by atoms with van der Waals surface area (Å²) in [4.78, 5) is 12.9. The van der Waals surface area contributed by atoms with Crippen molar-refractivity contribution in [1.29, 1.82) is 0 Å². The summed E-state index contributed by atoms with van der Waals surface area (Å²) in [5, 5.41) is 3.83. The molecule has 1 heterocycles. The van der Waals surface area contributed by atoms with Crippen LogP contribution in [0.3, 0.4) is 0 Å². The first-order chi connectivity index (χ1) is 6.57. The lowest BCUT2D eigenvalue weighted by Crippen LogP contribution is -2.30. The van der Waals surface area contributed by atoms with E-state index in [-0.39, 0.29) is 12.5 Å². The zero-order valence-corrected chi connectivity index (χ0v) is 8.20. The van der Waals surface area contributed by atoms with Crippen LogP contribution in [0.5, 0.6) is 0 Å². The Morgan fingerprint density at radius 1 is 1.79 bits per heavy atom. The summed E-state index contributed by atoms with van der Waals surface area (Å²) in [5.41, 5.74) is 6.15. The summed E-state index contributed by atoms with van der Waals surface area (Å²) < 4.78 is 13.4. The zero-order chi connectivity index (χ0) is 10.7. The topological polar surface area (TPSA) is 64.2 Å². The Kier molecular flexibility index (Phi) is 3.06. The van der Waals surface area contributed by atoms with Crippen LogP contribution in [-0.2, 0) is 7.05 Å². The van der Waals surface area contributed by atoms with Crippen LogP contribution in [-0.4, -0.2) is 40.9 Å². The second-order valence-electron chi connectivity index (χ2n) is 2.99. The maximum absolute atomic E-state index is 12.0. The lowest BCUT2D eigenvalue weighted by atomic mass is 10.3. The van der Waals surface area contributed by atoms with Gasteiger partial charge in [-0.15, -0.1) is 0 Å². The Morgan fingerprint density at radius 3 is 2.86 bits per heavy atom. The Labute approximate surface area is 81.3 Å². The molecule has 14 heavy (non-hydrogen) atoms. The number of alkyl halides is 1. The smallest absolute Gasteiger partial charge is 0.274 e. The monoisotopic (exact) mass is 200 g/mol. The molecular formula is C8H13FN4O. The van der Waals surface area contributed by atoms with Crippen LogP contribution in [0.25, 0.3) is 0 Å². The minimum atomic E-state index is -0.569. The number of carbonyl (C=O) groups excluding carboxylic acids is 1. The van der Waals surface area contributed by atoms with Crippen molar-refractivity contribution in [3.05, 3.63) is 11.9 Å². The van der Waals surface area contributed by atoms with Gasteiger partial charge in [0.1, 0.15) is 12.4 Å². The van der Waals surface area contributed by atoms with E-state index >= 15 is 0 Å². The third-order valence-corrected chi connectivity index (χ3v) is 1.94. The van der Waals surface area contributed by atoms with E-state index in [9.17, 15) is 9.18 Å². The third kappa shape index (κ3) is 1.84. The summed E-state index contributed by atoms with van der Waals surface area (Å²) in [6.45, 7) is -0.510. The molecule has 0 radical (unpaired) electrons. The number of amides is 1. The Balaban J connectivity index is 2.88. The molecule has 0 unspecified atom stereocenters. The first-order valence-electron chi connectivity index (χ1n) is 4.16. The second-order valence-corrected chi connectivity index (χ2v) is 2.99. The number of nitrogens with zero attached hydrogens (tertiary/aromatic N) is 3. The van der Waals surface area contributed by atoms with Gasteiger partial charge in [-0.2, -0.15) is 5.10 Å². The van der Waals surface area contributed by atoms with Crippen molar-refractivity contribution in [2.24, 2.45) is 7.05 Å². The van der Waals surface area contributed by atoms with Gasteiger partial charge >= 0.3 is 0 Å². The molecule has 0 saturated heterocycles. The first-order valence-corrected chi connectivity index (χ1v) is 4.16. The van der Waals surface area contributed by atoms with Gasteiger partial charge in [-0.25, -0.2) is 4.39 Å². The molecule has 78 valence electrons. The van der Waals surface area contributed by atoms with Crippen molar-refractivity contribution < 1.29 is 9.18 Å². The van der Waals surface area contributed by atoms with E-state index in [0.717, 1.165) is 0 Å². The molecule has 2 N–H and O–H groups in total. The molecule has 1 amide bonds. The van der Waals surface area contributed by atoms with Gasteiger partial charge in [0.15, 0.2) is 0 Å². The van der Waals surface area contributed by atoms with Crippen LogP contribution in [0.4, 0.5) is 10.1 Å². The number of aryl methyl sites for hydroxylation is 1. The highest BCUT2D eigenvalue weighted by atomic mass is 19.1. The molecule has 0 spiro atoms. The second kappa shape index (κ2) is 4.08. The van der Waals surface area contributed by atoms with Crippen LogP contribution in [0.1, 0.15) is 10.5 Å². The molecule has 1 aromatic rings. The highest BCUT2D eigenvalue weighted by Gasteiger charge is 2.18. The number of nitrogens with two attached hydrogens (primary N) is 1. The summed E-state index contributed by atoms with van der Waals surface area (Å²) in [6.07, 6.45) is 1.40. The molecule has 0 bridgehead atoms. The van der Waals surface area contributed by atoms with E-state index in [0.29, 0.717) is 11.4 Å². The van der Waals surface area contributed by atoms with Crippen LogP contribution >= 0.6 is 0 Å². The third-order valence-electron chi connectivity index (χ3n) is 1.94. The van der Waals surface area contributed by atoms with Crippen molar-refractivity contribution in [2.45, 2.75) is 0 Å². The fourth-order valence-corrected chi connectivity index (χ4v) is 1.13. The molecule has 0 aliphatic rings. The van der Waals surface area contributed by atoms with Gasteiger partial charge in [-0.05, 0) is 0 Å². The molecule has 0 fully saturated rings. The Hall–Kier alpha value is -1.59. The Morgan fingerprint density at radius 2 is 2.43 bits per heavy atom. The van der Waals surface area contributed by atoms with Crippen LogP contribution in [0.15, 0.2) is 6.20 Å². The number of anilines is 1. The molecule has 0 aliphatic heterocycles. The quantitative estimate of drug-likeness (QED) is 0.749. The van der Waals surface area contributed by atoms with Gasteiger partial charge in [0.2, 0.25) is 0 Å². The molecule has 0 saturated carbocycles. The van der Waals surface area contributed by atoms with E-state index in [1.165, 1.54) is 22.8 Å². The molecule has 0 aromatic carbocycles. The highest BCUT2D eigenvalue weighted by Crippen LogP contribution is 2.11. The predicted octanol–water partition coefficient (Wildman–Crippen LogP) is 0.0438. The maximum atomic E-state index is 12.0. The molecule has 1 rings (SSSR count). The number of nitrogen functional groups attached to an aromatic ring is 1. The first kappa shape index (κ1) is 10.5. The molecule has 5 nitrogen and oxygen atoms in total. The van der Waals surface area contributed by atoms with Gasteiger partial charge in [-0.1, -0.05) is 0 Å². The SMILES string of the molecule is CN(CCF)C(=O)c1c(N)cnn1C. The van der Waals surface area contributed by atoms with Crippen molar-refractivity contribution in [2.75, 3.05) is 26.0 Å². The van der Waals surface area contributed by atoms with E-state index in [1.807, 2.05) is 0 Å². The summed E-state index contributed by atoms with van der Waals surface area (Å²) >= 11 is 0. The molecule has 6 heteroatoms. The van der Waals surface area contributed by atoms with Gasteiger partial charge in [0.25, 0.3) is 5.91 Å². The van der Waals surface area contributed by atoms with E-state index in [2.05, 4.69) is 5.10 Å². The van der Waals surface area contributed by atoms with Crippen molar-refractivity contribution in [3.8, 4) is 0 Å². The van der Waals surface area contributed by atoms with Gasteiger partial charge < -0.3 is 10.6 Å². The standard InChI is InChI=1S/C8H13FN4O/c1-12(4-3-9)8(14)7-6(10)5-11-13(7)2/h5H,3-4,10H2,1-2H3. The molecular weight excluding hydrogens is 187 g/mol. The zero-order valence-electron chi connectivity index (χ0n) is 8.20. The lowest BCUT2D eigenvalue weighted by molar-refractivity contribution is 0.0776. The number of halogens is 1. The van der Waals surface area contributed by atoms with Crippen molar-refractivity contribution in [1.82, 2.24) is 14.7 Å². The summed E-state index contributed by atoms with van der Waals surface area (Å²) in [6, 6.07) is 0. The summed E-state index contributed by atoms with van der Waals surface area (Å²) in [5.74, 6) is -0.319. The van der Waals surface area contributed by atoms with Crippen molar-refractivity contribution in [3.63, 3.8) is 0 Å². The number of aromatic nitrogens is 2. The average molecular weight is 200 g/mol. The lowest BCUT2D eigenvalue weighted by Gasteiger charge is -2.15. The Bertz CT molecular complexity index is 317. The average Bonchev–Trinajstić information content (AvgIpc) is 2.46. The molecule has 1 aromatic heterocycles. The number of rotatable bonds is 3. The number of hydrogen-bond donors (Lipinski definition) is 1. The molecule has 0 atom stereocenters. The minimum absolute atomic E-state index is 0.0590. The number of hydrogen-bond acceptors (Lipinski definition) is 3. The van der Waals surface area contributed by atoms with E-state index in [4.69, 9.17) is 5.73 Å². The van der Waals surface area contributed by atoms with Crippen LogP contribution in [0.2, 0.25) is 0 Å². The van der Waals surface area contributed by atoms with Crippen LogP contribution < -0.4 is 5.73 Å². The normalized spacial score (nSPS) is 10.2. The van der Waals surface area contributed by atoms with E-state index in [1.54, 1.807) is 7.05 Å². The van der Waals surface area contributed by atoms with Crippen LogP contribution in [0, 0.1) is 0 Å². The highest BCUT2D eigenvalue weighted by molar-refractivity contribution is 5.97. The largest absolute Gasteiger partial charge is 0.396 e. The fourth-order valence-electron chi connectivity index (χ4n) is 1.13. The predicted molar refractivity (Wildman–Crippen MR) is 50.6 cm³/mol. The van der Waals surface area contributed by atoms with Gasteiger partial charge in [0.05, 0.1) is 11.9 Å². The summed E-state index contributed by atoms with van der Waals surface area (Å²) in [7, 11) is 3.14. The van der Waals surface area contributed by atoms with Crippen molar-refractivity contribution >= 4 is 11.6 Å².